The molecule has 14 heavy (non-hydrogen) atoms. The van der Waals surface area contributed by atoms with Gasteiger partial charge >= 0.3 is 0 Å². The zero-order valence-corrected chi connectivity index (χ0v) is 7.24. The molecule has 3 heteroatoms. The second kappa shape index (κ2) is 3.18. The van der Waals surface area contributed by atoms with Crippen molar-refractivity contribution < 1.29 is 14.0 Å². The first kappa shape index (κ1) is 8.81. The van der Waals surface area contributed by atoms with Crippen molar-refractivity contribution in [1.29, 1.82) is 0 Å². The van der Waals surface area contributed by atoms with Crippen molar-refractivity contribution in [3.05, 3.63) is 47.8 Å². The number of carbonyl (C=O) groups is 2. The fourth-order valence-corrected chi connectivity index (χ4v) is 1.48. The monoisotopic (exact) mass is 190 g/mol. The molecule has 0 spiro atoms. The quantitative estimate of drug-likeness (QED) is 0.630. The number of ketones is 2. The Labute approximate surface area is 80.0 Å². The Kier molecular flexibility index (Phi) is 2.00. The number of hydrogen-bond donors (Lipinski definition) is 0. The zero-order chi connectivity index (χ0) is 10.1. The molecule has 0 atom stereocenters. The van der Waals surface area contributed by atoms with Gasteiger partial charge in [0, 0.05) is 0 Å². The molecular weight excluding hydrogens is 183 g/mol. The Morgan fingerprint density at radius 2 is 1.43 bits per heavy atom. The van der Waals surface area contributed by atoms with Crippen LogP contribution in [0.4, 0.5) is 4.39 Å². The van der Waals surface area contributed by atoms with Crippen LogP contribution in [-0.2, 0) is 9.59 Å². The summed E-state index contributed by atoms with van der Waals surface area (Å²) in [5, 5.41) is 0. The topological polar surface area (TPSA) is 34.1 Å². The summed E-state index contributed by atoms with van der Waals surface area (Å²) in [4.78, 5) is 22.5. The SMILES string of the molecule is O=C1C=CC(=O)C1c1ccc(F)cc1. The fourth-order valence-electron chi connectivity index (χ4n) is 1.48. The van der Waals surface area contributed by atoms with Crippen LogP contribution in [0.15, 0.2) is 36.4 Å². The summed E-state index contributed by atoms with van der Waals surface area (Å²) in [6.45, 7) is 0. The molecule has 0 saturated carbocycles. The number of hydrogen-bond acceptors (Lipinski definition) is 2. The minimum Gasteiger partial charge on any atom is -0.294 e. The van der Waals surface area contributed by atoms with E-state index in [0.29, 0.717) is 5.56 Å². The molecule has 2 nitrogen and oxygen atoms in total. The van der Waals surface area contributed by atoms with Gasteiger partial charge < -0.3 is 0 Å². The average Bonchev–Trinajstić information content (AvgIpc) is 2.49. The number of halogens is 1. The summed E-state index contributed by atoms with van der Waals surface area (Å²) < 4.78 is 12.6. The van der Waals surface area contributed by atoms with E-state index in [4.69, 9.17) is 0 Å². The van der Waals surface area contributed by atoms with Crippen LogP contribution in [0.2, 0.25) is 0 Å². The average molecular weight is 190 g/mol. The first-order valence-corrected chi connectivity index (χ1v) is 4.20. The molecule has 0 amide bonds. The van der Waals surface area contributed by atoms with Gasteiger partial charge in [-0.1, -0.05) is 12.1 Å². The van der Waals surface area contributed by atoms with E-state index in [1.54, 1.807) is 0 Å². The number of carbonyl (C=O) groups excluding carboxylic acids is 2. The molecule has 70 valence electrons. The Morgan fingerprint density at radius 3 is 1.93 bits per heavy atom. The van der Waals surface area contributed by atoms with Gasteiger partial charge in [0.05, 0.1) is 0 Å². The van der Waals surface area contributed by atoms with Crippen LogP contribution in [0.1, 0.15) is 11.5 Å². The van der Waals surface area contributed by atoms with Crippen molar-refractivity contribution in [2.75, 3.05) is 0 Å². The molecule has 2 rings (SSSR count). The minimum atomic E-state index is -0.754. The summed E-state index contributed by atoms with van der Waals surface area (Å²) in [5.74, 6) is -1.60. The van der Waals surface area contributed by atoms with Gasteiger partial charge in [-0.2, -0.15) is 0 Å². The number of rotatable bonds is 1. The van der Waals surface area contributed by atoms with E-state index < -0.39 is 5.92 Å². The molecule has 0 saturated heterocycles. The van der Waals surface area contributed by atoms with E-state index in [2.05, 4.69) is 0 Å². The van der Waals surface area contributed by atoms with Crippen molar-refractivity contribution in [2.45, 2.75) is 5.92 Å². The van der Waals surface area contributed by atoms with Crippen LogP contribution in [0, 0.1) is 5.82 Å². The Bertz CT molecular complexity index is 399. The Morgan fingerprint density at radius 1 is 0.929 bits per heavy atom. The smallest absolute Gasteiger partial charge is 0.171 e. The van der Waals surface area contributed by atoms with Gasteiger partial charge in [-0.05, 0) is 29.8 Å². The zero-order valence-electron chi connectivity index (χ0n) is 7.24. The predicted octanol–water partition coefficient (Wildman–Crippen LogP) is 1.62. The van der Waals surface area contributed by atoms with E-state index in [9.17, 15) is 14.0 Å². The highest BCUT2D eigenvalue weighted by atomic mass is 19.1. The predicted molar refractivity (Wildman–Crippen MR) is 48.3 cm³/mol. The van der Waals surface area contributed by atoms with E-state index in [-0.39, 0.29) is 17.4 Å². The van der Waals surface area contributed by atoms with Crippen molar-refractivity contribution in [1.82, 2.24) is 0 Å². The third kappa shape index (κ3) is 1.37. The minimum absolute atomic E-state index is 0.235. The molecule has 1 aromatic rings. The number of benzene rings is 1. The molecule has 0 aromatic heterocycles. The van der Waals surface area contributed by atoms with Crippen molar-refractivity contribution in [3.63, 3.8) is 0 Å². The number of allylic oxidation sites excluding steroid dienone is 2. The maximum absolute atomic E-state index is 12.6. The molecule has 0 radical (unpaired) electrons. The van der Waals surface area contributed by atoms with Gasteiger partial charge in [0.15, 0.2) is 11.6 Å². The molecule has 1 aliphatic rings. The summed E-state index contributed by atoms with van der Waals surface area (Å²) in [6.07, 6.45) is 2.52. The molecule has 1 aliphatic carbocycles. The van der Waals surface area contributed by atoms with Crippen LogP contribution in [0.25, 0.3) is 0 Å². The van der Waals surface area contributed by atoms with Gasteiger partial charge in [0.2, 0.25) is 0 Å². The normalized spacial score (nSPS) is 16.6. The van der Waals surface area contributed by atoms with Crippen molar-refractivity contribution in [3.8, 4) is 0 Å². The second-order valence-corrected chi connectivity index (χ2v) is 3.12. The van der Waals surface area contributed by atoms with Gasteiger partial charge in [0.25, 0.3) is 0 Å². The first-order chi connectivity index (χ1) is 6.68. The van der Waals surface area contributed by atoms with Crippen LogP contribution < -0.4 is 0 Å². The van der Waals surface area contributed by atoms with Gasteiger partial charge in [-0.3, -0.25) is 9.59 Å². The highest BCUT2D eigenvalue weighted by Crippen LogP contribution is 2.23. The Balaban J connectivity index is 2.36. The van der Waals surface area contributed by atoms with Crippen LogP contribution in [0.5, 0.6) is 0 Å². The largest absolute Gasteiger partial charge is 0.294 e. The lowest BCUT2D eigenvalue weighted by Crippen LogP contribution is -2.12. The van der Waals surface area contributed by atoms with E-state index in [1.807, 2.05) is 0 Å². The molecule has 0 unspecified atom stereocenters. The molecule has 0 fully saturated rings. The summed E-state index contributed by atoms with van der Waals surface area (Å²) in [7, 11) is 0. The molecule has 1 aromatic carbocycles. The molecule has 0 heterocycles. The van der Waals surface area contributed by atoms with Crippen LogP contribution in [-0.4, -0.2) is 11.6 Å². The molecule has 0 aliphatic heterocycles. The van der Waals surface area contributed by atoms with Crippen LogP contribution in [0.3, 0.4) is 0 Å². The van der Waals surface area contributed by atoms with Crippen molar-refractivity contribution >= 4 is 11.6 Å². The van der Waals surface area contributed by atoms with E-state index >= 15 is 0 Å². The molecular formula is C11H7FO2. The maximum Gasteiger partial charge on any atom is 0.171 e. The third-order valence-corrected chi connectivity index (χ3v) is 2.18. The lowest BCUT2D eigenvalue weighted by atomic mass is 9.95. The van der Waals surface area contributed by atoms with Gasteiger partial charge in [-0.15, -0.1) is 0 Å². The summed E-state index contributed by atoms with van der Waals surface area (Å²) >= 11 is 0. The lowest BCUT2D eigenvalue weighted by Gasteiger charge is -2.06. The highest BCUT2D eigenvalue weighted by molar-refractivity contribution is 6.22. The summed E-state index contributed by atoms with van der Waals surface area (Å²) in [5.41, 5.74) is 0.548. The summed E-state index contributed by atoms with van der Waals surface area (Å²) in [6, 6.07) is 5.41. The molecule has 0 bridgehead atoms. The standard InChI is InChI=1S/C11H7FO2/c12-8-3-1-7(2-4-8)11-9(13)5-6-10(11)14/h1-6,11H. The first-order valence-electron chi connectivity index (χ1n) is 4.20. The fraction of sp³-hybridized carbons (Fsp3) is 0.0909. The highest BCUT2D eigenvalue weighted by Gasteiger charge is 2.29. The Hall–Kier alpha value is -1.77. The van der Waals surface area contributed by atoms with Crippen molar-refractivity contribution in [2.24, 2.45) is 0 Å². The van der Waals surface area contributed by atoms with Gasteiger partial charge in [0.1, 0.15) is 11.7 Å². The van der Waals surface area contributed by atoms with E-state index in [1.165, 1.54) is 36.4 Å². The van der Waals surface area contributed by atoms with E-state index in [0.717, 1.165) is 0 Å². The second-order valence-electron chi connectivity index (χ2n) is 3.12. The van der Waals surface area contributed by atoms with Crippen LogP contribution >= 0.6 is 0 Å². The van der Waals surface area contributed by atoms with Gasteiger partial charge in [-0.25, -0.2) is 4.39 Å². The lowest BCUT2D eigenvalue weighted by molar-refractivity contribution is -0.122. The third-order valence-electron chi connectivity index (χ3n) is 2.18. The molecule has 0 N–H and O–H groups in total. The maximum atomic E-state index is 12.6.